The Kier molecular flexibility index (Phi) is 5.55. The number of anilines is 3. The van der Waals surface area contributed by atoms with Gasteiger partial charge >= 0.3 is 0 Å². The van der Waals surface area contributed by atoms with Crippen molar-refractivity contribution in [3.63, 3.8) is 0 Å². The van der Waals surface area contributed by atoms with Crippen LogP contribution in [0.5, 0.6) is 0 Å². The summed E-state index contributed by atoms with van der Waals surface area (Å²) in [5.41, 5.74) is 13.7. The summed E-state index contributed by atoms with van der Waals surface area (Å²) in [6.07, 6.45) is 8.89. The number of primary amides is 1. The van der Waals surface area contributed by atoms with Crippen LogP contribution in [0.3, 0.4) is 0 Å². The predicted octanol–water partition coefficient (Wildman–Crippen LogP) is 2.49. The van der Waals surface area contributed by atoms with E-state index < -0.39 is 11.7 Å². The van der Waals surface area contributed by atoms with Gasteiger partial charge in [0, 0.05) is 18.3 Å². The number of nitrogens with two attached hydrogens (primary N) is 2. The van der Waals surface area contributed by atoms with E-state index in [2.05, 4.69) is 25.7 Å². The van der Waals surface area contributed by atoms with Gasteiger partial charge in [0.25, 0.3) is 5.91 Å². The summed E-state index contributed by atoms with van der Waals surface area (Å²) in [6.45, 7) is 3.81. The van der Waals surface area contributed by atoms with Crippen LogP contribution in [-0.2, 0) is 0 Å². The molecule has 2 atom stereocenters. The molecule has 10 heteroatoms. The maximum Gasteiger partial charge on any atom is 0.252 e. The molecule has 6 N–H and O–H groups in total. The summed E-state index contributed by atoms with van der Waals surface area (Å²) in [7, 11) is 0. The summed E-state index contributed by atoms with van der Waals surface area (Å²) < 4.78 is 16.4. The molecule has 0 spiro atoms. The number of hydrogen-bond acceptors (Lipinski definition) is 7. The quantitative estimate of drug-likeness (QED) is 0.436. The Labute approximate surface area is 179 Å². The number of carbonyl (C=O) groups is 1. The lowest BCUT2D eigenvalue weighted by atomic mass is 10.1. The van der Waals surface area contributed by atoms with Gasteiger partial charge < -0.3 is 22.1 Å². The number of nitrogens with one attached hydrogen (secondary N) is 2. The van der Waals surface area contributed by atoms with Crippen LogP contribution in [0.4, 0.5) is 21.7 Å². The maximum absolute atomic E-state index is 14.7. The molecule has 1 amide bonds. The van der Waals surface area contributed by atoms with Crippen molar-refractivity contribution < 1.29 is 9.18 Å². The Morgan fingerprint density at radius 1 is 1.26 bits per heavy atom. The molecule has 1 fully saturated rings. The lowest BCUT2D eigenvalue weighted by Crippen LogP contribution is -2.40. The third-order valence-corrected chi connectivity index (χ3v) is 5.20. The van der Waals surface area contributed by atoms with Crippen molar-refractivity contribution in [3.8, 4) is 5.69 Å². The number of amides is 1. The van der Waals surface area contributed by atoms with Gasteiger partial charge in [0.2, 0.25) is 0 Å². The van der Waals surface area contributed by atoms with Crippen LogP contribution in [0, 0.1) is 18.7 Å². The Hall–Kier alpha value is -3.53. The molecule has 4 rings (SSSR count). The molecule has 0 unspecified atom stereocenters. The third-order valence-electron chi connectivity index (χ3n) is 5.20. The van der Waals surface area contributed by atoms with Crippen LogP contribution in [-0.4, -0.2) is 37.7 Å². The lowest BCUT2D eigenvalue weighted by molar-refractivity contribution is 0.100. The van der Waals surface area contributed by atoms with Crippen molar-refractivity contribution in [3.05, 3.63) is 53.9 Å². The zero-order chi connectivity index (χ0) is 22.1. The smallest absolute Gasteiger partial charge is 0.252 e. The average molecular weight is 424 g/mol. The number of rotatable bonds is 8. The summed E-state index contributed by atoms with van der Waals surface area (Å²) in [6, 6.07) is 2.58. The Bertz CT molecular complexity index is 1110. The number of halogens is 1. The van der Waals surface area contributed by atoms with E-state index in [-0.39, 0.29) is 29.3 Å². The fraction of sp³-hybridized carbons (Fsp3) is 0.333. The summed E-state index contributed by atoms with van der Waals surface area (Å²) in [5, 5.41) is 10.4. The molecular formula is C21H25FN8O. The Morgan fingerprint density at radius 2 is 2.03 bits per heavy atom. The highest BCUT2D eigenvalue weighted by Gasteiger charge is 2.34. The maximum atomic E-state index is 14.7. The van der Waals surface area contributed by atoms with Crippen LogP contribution in [0.15, 0.2) is 36.9 Å². The van der Waals surface area contributed by atoms with E-state index in [9.17, 15) is 9.18 Å². The molecule has 3 aromatic rings. The molecule has 0 aromatic carbocycles. The van der Waals surface area contributed by atoms with Gasteiger partial charge in [-0.15, -0.1) is 0 Å². The van der Waals surface area contributed by atoms with Crippen molar-refractivity contribution in [1.29, 1.82) is 0 Å². The minimum atomic E-state index is -0.793. The molecule has 0 aliphatic heterocycles. The number of carbonyl (C=O) groups excluding carboxylic acids is 1. The Morgan fingerprint density at radius 3 is 2.65 bits per heavy atom. The van der Waals surface area contributed by atoms with E-state index in [0.717, 1.165) is 24.5 Å². The van der Waals surface area contributed by atoms with Crippen LogP contribution < -0.4 is 22.1 Å². The molecule has 0 radical (unpaired) electrons. The van der Waals surface area contributed by atoms with Crippen LogP contribution in [0.1, 0.15) is 35.7 Å². The number of pyridine rings is 2. The topological polar surface area (TPSA) is 137 Å². The minimum absolute atomic E-state index is 0.0218. The van der Waals surface area contributed by atoms with Gasteiger partial charge in [-0.05, 0) is 50.3 Å². The molecule has 0 bridgehead atoms. The molecular weight excluding hydrogens is 399 g/mol. The highest BCUT2D eigenvalue weighted by molar-refractivity contribution is 5.98. The summed E-state index contributed by atoms with van der Waals surface area (Å²) >= 11 is 0. The van der Waals surface area contributed by atoms with Gasteiger partial charge in [0.1, 0.15) is 5.82 Å². The van der Waals surface area contributed by atoms with E-state index >= 15 is 0 Å². The standard InChI is InChI=1S/C21H25FN8O/c1-11-7-26-30(10-11)15-5-14(8-25-9-15)27-20-16(19(24)31)6-17(22)21(29-20)28-18(12(2)23)13-3-4-13/h5-10,12-13,18H,3-4,23H2,1-2H3,(H2,24,31)(H2,27,28,29)/t12-,18-/m0/s1. The zero-order valence-corrected chi connectivity index (χ0v) is 17.3. The van der Waals surface area contributed by atoms with Gasteiger partial charge in [-0.3, -0.25) is 9.78 Å². The fourth-order valence-corrected chi connectivity index (χ4v) is 3.48. The first-order valence-corrected chi connectivity index (χ1v) is 10.1. The van der Waals surface area contributed by atoms with Crippen molar-refractivity contribution in [1.82, 2.24) is 19.7 Å². The van der Waals surface area contributed by atoms with Crippen molar-refractivity contribution in [2.75, 3.05) is 10.6 Å². The molecule has 3 aromatic heterocycles. The van der Waals surface area contributed by atoms with Gasteiger partial charge in [-0.2, -0.15) is 5.10 Å². The Balaban J connectivity index is 1.66. The first-order valence-electron chi connectivity index (χ1n) is 10.1. The van der Waals surface area contributed by atoms with Crippen molar-refractivity contribution >= 4 is 23.2 Å². The second kappa shape index (κ2) is 8.31. The van der Waals surface area contributed by atoms with Crippen molar-refractivity contribution in [2.24, 2.45) is 17.4 Å². The monoisotopic (exact) mass is 424 g/mol. The number of aryl methyl sites for hydroxylation is 1. The fourth-order valence-electron chi connectivity index (χ4n) is 3.48. The largest absolute Gasteiger partial charge is 0.365 e. The highest BCUT2D eigenvalue weighted by Crippen LogP contribution is 2.36. The van der Waals surface area contributed by atoms with Gasteiger partial charge in [0.05, 0.1) is 35.5 Å². The molecule has 31 heavy (non-hydrogen) atoms. The van der Waals surface area contributed by atoms with Crippen molar-refractivity contribution in [2.45, 2.75) is 38.8 Å². The number of nitrogens with zero attached hydrogens (tertiary/aromatic N) is 4. The molecule has 1 aliphatic rings. The molecule has 3 heterocycles. The normalized spacial score (nSPS) is 15.4. The third kappa shape index (κ3) is 4.64. The summed E-state index contributed by atoms with van der Waals surface area (Å²) in [4.78, 5) is 20.5. The minimum Gasteiger partial charge on any atom is -0.365 e. The average Bonchev–Trinajstić information content (AvgIpc) is 3.47. The molecule has 1 saturated carbocycles. The van der Waals surface area contributed by atoms with E-state index in [4.69, 9.17) is 11.5 Å². The van der Waals surface area contributed by atoms with E-state index in [1.165, 1.54) is 0 Å². The predicted molar refractivity (Wildman–Crippen MR) is 116 cm³/mol. The van der Waals surface area contributed by atoms with E-state index in [0.29, 0.717) is 17.3 Å². The second-order valence-corrected chi connectivity index (χ2v) is 7.96. The molecule has 1 aliphatic carbocycles. The lowest BCUT2D eigenvalue weighted by Gasteiger charge is -2.23. The second-order valence-electron chi connectivity index (χ2n) is 7.96. The summed E-state index contributed by atoms with van der Waals surface area (Å²) in [5.74, 6) is -0.922. The van der Waals surface area contributed by atoms with Gasteiger partial charge in [-0.25, -0.2) is 14.1 Å². The number of aromatic nitrogens is 4. The first kappa shape index (κ1) is 20.7. The first-order chi connectivity index (χ1) is 14.8. The zero-order valence-electron chi connectivity index (χ0n) is 17.3. The molecule has 162 valence electrons. The highest BCUT2D eigenvalue weighted by atomic mass is 19.1. The van der Waals surface area contributed by atoms with Crippen LogP contribution in [0.25, 0.3) is 5.69 Å². The SMILES string of the molecule is Cc1cnn(-c2cncc(Nc3nc(N[C@H](C4CC4)[C@H](C)N)c(F)cc3C(N)=O)c2)c1. The van der Waals surface area contributed by atoms with Gasteiger partial charge in [0.15, 0.2) is 11.6 Å². The van der Waals surface area contributed by atoms with Gasteiger partial charge in [-0.1, -0.05) is 0 Å². The van der Waals surface area contributed by atoms with E-state index in [1.807, 2.05) is 20.0 Å². The van der Waals surface area contributed by atoms with Crippen LogP contribution in [0.2, 0.25) is 0 Å². The number of hydrogen-bond donors (Lipinski definition) is 4. The molecule has 0 saturated heterocycles. The van der Waals surface area contributed by atoms with Crippen LogP contribution >= 0.6 is 0 Å². The van der Waals surface area contributed by atoms with E-state index in [1.54, 1.807) is 29.3 Å². The molecule has 9 nitrogen and oxygen atoms in total.